The molecule has 4 aromatic rings. The zero-order chi connectivity index (χ0) is 23.3. The average Bonchev–Trinajstić information content (AvgIpc) is 3.34. The van der Waals surface area contributed by atoms with Gasteiger partial charge in [-0.2, -0.15) is 0 Å². The van der Waals surface area contributed by atoms with Crippen molar-refractivity contribution < 1.29 is 18.7 Å². The first-order chi connectivity index (χ1) is 15.9. The number of hydrogen-bond acceptors (Lipinski definition) is 8. The van der Waals surface area contributed by atoms with Crippen molar-refractivity contribution in [3.05, 3.63) is 74.6 Å². The lowest BCUT2D eigenvalue weighted by molar-refractivity contribution is 0.0970. The number of methoxy groups -OCH3 is 1. The van der Waals surface area contributed by atoms with Gasteiger partial charge >= 0.3 is 0 Å². The second-order valence-electron chi connectivity index (χ2n) is 7.96. The van der Waals surface area contributed by atoms with E-state index in [2.05, 4.69) is 10.2 Å². The van der Waals surface area contributed by atoms with E-state index in [1.54, 1.807) is 18.2 Å². The van der Waals surface area contributed by atoms with Crippen molar-refractivity contribution >= 4 is 33.3 Å². The first kappa shape index (κ1) is 21.1. The molecule has 0 radical (unpaired) electrons. The Hall–Kier alpha value is -3.72. The highest BCUT2D eigenvalue weighted by Gasteiger charge is 2.45. The fraction of sp³-hybridized carbons (Fsp3) is 0.250. The third-order valence-electron chi connectivity index (χ3n) is 5.35. The molecule has 1 atom stereocenters. The maximum absolute atomic E-state index is 13.7. The number of fused-ring (bicyclic) bond motifs is 2. The minimum atomic E-state index is -0.724. The van der Waals surface area contributed by atoms with E-state index in [0.717, 1.165) is 0 Å². The van der Waals surface area contributed by atoms with Crippen molar-refractivity contribution in [2.45, 2.75) is 32.9 Å². The van der Waals surface area contributed by atoms with E-state index in [4.69, 9.17) is 13.9 Å². The van der Waals surface area contributed by atoms with Crippen LogP contribution in [0.5, 0.6) is 11.5 Å². The molecule has 0 N–H and O–H groups in total. The Morgan fingerprint density at radius 3 is 2.61 bits per heavy atom. The second-order valence-corrected chi connectivity index (χ2v) is 9.12. The molecule has 3 heterocycles. The smallest absolute Gasteiger partial charge is 0.297 e. The SMILES string of the molecule is COc1ccc2c(=O)c3c(oc2c1)C(=O)N(c1nnc(C)s1)[C@H]3c1cccc(OC(C)C)c1. The van der Waals surface area contributed by atoms with Gasteiger partial charge in [-0.25, -0.2) is 0 Å². The summed E-state index contributed by atoms with van der Waals surface area (Å²) in [4.78, 5) is 28.7. The van der Waals surface area contributed by atoms with Gasteiger partial charge in [0.1, 0.15) is 22.1 Å². The number of aromatic nitrogens is 2. The van der Waals surface area contributed by atoms with Crippen LogP contribution in [0.15, 0.2) is 51.7 Å². The minimum absolute atomic E-state index is 0.00575. The Balaban J connectivity index is 1.76. The van der Waals surface area contributed by atoms with E-state index in [-0.39, 0.29) is 28.4 Å². The van der Waals surface area contributed by atoms with Crippen LogP contribution in [0.3, 0.4) is 0 Å². The maximum Gasteiger partial charge on any atom is 0.297 e. The lowest BCUT2D eigenvalue weighted by Crippen LogP contribution is -2.29. The molecule has 0 bridgehead atoms. The molecule has 2 aromatic carbocycles. The monoisotopic (exact) mass is 463 g/mol. The van der Waals surface area contributed by atoms with Crippen LogP contribution in [0.2, 0.25) is 0 Å². The molecule has 1 aliphatic rings. The summed E-state index contributed by atoms with van der Waals surface area (Å²) >= 11 is 1.28. The quantitative estimate of drug-likeness (QED) is 0.430. The lowest BCUT2D eigenvalue weighted by atomic mass is 9.98. The summed E-state index contributed by atoms with van der Waals surface area (Å²) in [5.74, 6) is 0.728. The summed E-state index contributed by atoms with van der Waals surface area (Å²) in [6.07, 6.45) is -0.0244. The summed E-state index contributed by atoms with van der Waals surface area (Å²) in [5.41, 5.74) is 1.00. The molecule has 0 spiro atoms. The van der Waals surface area contributed by atoms with Gasteiger partial charge in [-0.3, -0.25) is 14.5 Å². The first-order valence-electron chi connectivity index (χ1n) is 10.4. The third kappa shape index (κ3) is 3.54. The van der Waals surface area contributed by atoms with Gasteiger partial charge < -0.3 is 13.9 Å². The van der Waals surface area contributed by atoms with E-state index in [1.807, 2.05) is 45.0 Å². The van der Waals surface area contributed by atoms with Gasteiger partial charge in [-0.1, -0.05) is 23.5 Å². The summed E-state index contributed by atoms with van der Waals surface area (Å²) in [6.45, 7) is 5.68. The molecule has 0 saturated carbocycles. The predicted octanol–water partition coefficient (Wildman–Crippen LogP) is 4.50. The van der Waals surface area contributed by atoms with Gasteiger partial charge in [0.2, 0.25) is 10.9 Å². The number of amides is 1. The first-order valence-corrected chi connectivity index (χ1v) is 11.2. The molecule has 33 heavy (non-hydrogen) atoms. The Morgan fingerprint density at radius 2 is 1.91 bits per heavy atom. The number of aryl methyl sites for hydroxylation is 1. The molecule has 0 aliphatic carbocycles. The maximum atomic E-state index is 13.7. The molecule has 9 heteroatoms. The minimum Gasteiger partial charge on any atom is -0.497 e. The standard InChI is InChI=1S/C24H21N3O5S/c1-12(2)31-16-7-5-6-14(10-16)20-19-21(28)17-9-8-15(30-4)11-18(17)32-22(19)23(29)27(20)24-26-25-13(3)33-24/h5-12,20H,1-4H3/t20-/m0/s1. The molecule has 0 fully saturated rings. The van der Waals surface area contributed by atoms with Gasteiger partial charge in [0.15, 0.2) is 5.43 Å². The van der Waals surface area contributed by atoms with Crippen LogP contribution in [-0.2, 0) is 0 Å². The summed E-state index contributed by atoms with van der Waals surface area (Å²) in [6, 6.07) is 11.6. The van der Waals surface area contributed by atoms with Crippen LogP contribution in [0, 0.1) is 6.92 Å². The van der Waals surface area contributed by atoms with Crippen LogP contribution in [0.1, 0.15) is 46.6 Å². The van der Waals surface area contributed by atoms with Crippen LogP contribution in [0.4, 0.5) is 5.13 Å². The van der Waals surface area contributed by atoms with Crippen molar-refractivity contribution in [1.82, 2.24) is 10.2 Å². The van der Waals surface area contributed by atoms with Gasteiger partial charge in [-0.05, 0) is 50.6 Å². The van der Waals surface area contributed by atoms with Gasteiger partial charge in [0.25, 0.3) is 5.91 Å². The molecule has 1 aliphatic heterocycles. The molecule has 0 unspecified atom stereocenters. The number of benzene rings is 2. The molecule has 168 valence electrons. The fourth-order valence-corrected chi connectivity index (χ4v) is 4.72. The van der Waals surface area contributed by atoms with E-state index in [1.165, 1.54) is 23.3 Å². The third-order valence-corrected chi connectivity index (χ3v) is 6.18. The zero-order valence-corrected chi connectivity index (χ0v) is 19.3. The predicted molar refractivity (Wildman–Crippen MR) is 125 cm³/mol. The highest BCUT2D eigenvalue weighted by Crippen LogP contribution is 2.42. The van der Waals surface area contributed by atoms with Crippen molar-refractivity contribution in [3.63, 3.8) is 0 Å². The molecule has 8 nitrogen and oxygen atoms in total. The van der Waals surface area contributed by atoms with Crippen LogP contribution >= 0.6 is 11.3 Å². The number of ether oxygens (including phenoxy) is 2. The highest BCUT2D eigenvalue weighted by molar-refractivity contribution is 7.15. The lowest BCUT2D eigenvalue weighted by Gasteiger charge is -2.22. The van der Waals surface area contributed by atoms with E-state index in [0.29, 0.717) is 32.6 Å². The molecular weight excluding hydrogens is 442 g/mol. The van der Waals surface area contributed by atoms with E-state index in [9.17, 15) is 9.59 Å². The van der Waals surface area contributed by atoms with Crippen molar-refractivity contribution in [2.75, 3.05) is 12.0 Å². The highest BCUT2D eigenvalue weighted by atomic mass is 32.1. The normalized spacial score (nSPS) is 15.4. The van der Waals surface area contributed by atoms with Gasteiger partial charge in [0.05, 0.1) is 30.2 Å². The Bertz CT molecular complexity index is 1440. The number of hydrogen-bond donors (Lipinski definition) is 0. The fourth-order valence-electron chi connectivity index (χ4n) is 4.00. The van der Waals surface area contributed by atoms with Crippen LogP contribution in [0.25, 0.3) is 11.0 Å². The summed E-state index contributed by atoms with van der Waals surface area (Å²) in [7, 11) is 1.53. The van der Waals surface area contributed by atoms with Gasteiger partial charge in [0, 0.05) is 6.07 Å². The molecule has 1 amide bonds. The van der Waals surface area contributed by atoms with Crippen molar-refractivity contribution in [2.24, 2.45) is 0 Å². The zero-order valence-electron chi connectivity index (χ0n) is 18.5. The molecule has 5 rings (SSSR count). The number of carbonyl (C=O) groups excluding carboxylic acids is 1. The number of rotatable bonds is 5. The Morgan fingerprint density at radius 1 is 1.09 bits per heavy atom. The molecule has 0 saturated heterocycles. The Kier molecular flexibility index (Phi) is 5.13. The second kappa shape index (κ2) is 8.00. The average molecular weight is 464 g/mol. The number of nitrogens with zero attached hydrogens (tertiary/aromatic N) is 3. The summed E-state index contributed by atoms with van der Waals surface area (Å²) in [5, 5.41) is 9.72. The topological polar surface area (TPSA) is 94.8 Å². The summed E-state index contributed by atoms with van der Waals surface area (Å²) < 4.78 is 17.1. The molecule has 2 aromatic heterocycles. The molecular formula is C24H21N3O5S. The Labute approximate surface area is 193 Å². The number of carbonyl (C=O) groups is 1. The largest absolute Gasteiger partial charge is 0.497 e. The van der Waals surface area contributed by atoms with Crippen molar-refractivity contribution in [1.29, 1.82) is 0 Å². The van der Waals surface area contributed by atoms with E-state index < -0.39 is 11.9 Å². The van der Waals surface area contributed by atoms with Crippen molar-refractivity contribution in [3.8, 4) is 11.5 Å². The van der Waals surface area contributed by atoms with E-state index >= 15 is 0 Å². The number of anilines is 1. The van der Waals surface area contributed by atoms with Gasteiger partial charge in [-0.15, -0.1) is 10.2 Å². The van der Waals surface area contributed by atoms with Crippen LogP contribution < -0.4 is 19.8 Å². The van der Waals surface area contributed by atoms with Crippen LogP contribution in [-0.4, -0.2) is 29.3 Å².